The van der Waals surface area contributed by atoms with Crippen molar-refractivity contribution in [1.29, 1.82) is 0 Å². The third kappa shape index (κ3) is 5.05. The maximum Gasteiger partial charge on any atom is 4.00 e. The number of allylic oxidation sites excluding steroid dienone is 4. The minimum atomic E-state index is 0. The summed E-state index contributed by atoms with van der Waals surface area (Å²) >= 11 is 0. The van der Waals surface area contributed by atoms with Crippen LogP contribution >= 0.6 is 0 Å². The minimum absolute atomic E-state index is 0. The molecule has 1 nitrogen and oxygen atoms in total. The van der Waals surface area contributed by atoms with E-state index >= 15 is 0 Å². The first-order chi connectivity index (χ1) is 9.45. The third-order valence-corrected chi connectivity index (χ3v) is 3.13. The smallest absolute Gasteiger partial charge is 1.00 e. The van der Waals surface area contributed by atoms with E-state index in [1.54, 1.807) is 0 Å². The molecule has 0 atom stereocenters. The van der Waals surface area contributed by atoms with Crippen molar-refractivity contribution in [1.82, 2.24) is 4.57 Å². The fraction of sp³-hybridized carbons (Fsp3) is 0.0556. The van der Waals surface area contributed by atoms with E-state index in [2.05, 4.69) is 65.5 Å². The zero-order chi connectivity index (χ0) is 12.9. The number of aromatic nitrogens is 1. The van der Waals surface area contributed by atoms with Crippen LogP contribution in [0.3, 0.4) is 0 Å². The molecule has 0 saturated carbocycles. The first-order valence-corrected chi connectivity index (χ1v) is 6.45. The number of hydrogen-bond acceptors (Lipinski definition) is 0. The van der Waals surface area contributed by atoms with Gasteiger partial charge in [0.2, 0.25) is 0 Å². The summed E-state index contributed by atoms with van der Waals surface area (Å²) in [5.41, 5.74) is 1.26. The molecule has 0 spiro atoms. The largest absolute Gasteiger partial charge is 4.00 e. The number of fused-ring (bicyclic) bond motifs is 1. The van der Waals surface area contributed by atoms with E-state index in [0.29, 0.717) is 0 Å². The Bertz CT molecular complexity index is 702. The normalized spacial score (nSPS) is 10.9. The standard InChI is InChI=1S/C13H10N.C5H5.2ClH.Hf/c1-2-6-12-11(5-1)7-8-13(12)14-9-3-4-10-14;1-2-4-5-3-1;;;/h1-10H;1-3H,4H2;2*1H;/q2*-1;;;+4/p-2. The molecule has 0 radical (unpaired) electrons. The summed E-state index contributed by atoms with van der Waals surface area (Å²) in [6, 6.07) is 16.9. The predicted octanol–water partition coefficient (Wildman–Crippen LogP) is -1.34. The summed E-state index contributed by atoms with van der Waals surface area (Å²) in [6.07, 6.45) is 14.1. The van der Waals surface area contributed by atoms with Gasteiger partial charge in [-0.15, -0.1) is 18.6 Å². The summed E-state index contributed by atoms with van der Waals surface area (Å²) in [5.74, 6) is 0. The molecule has 22 heavy (non-hydrogen) atoms. The molecule has 1 aliphatic rings. The molecule has 0 fully saturated rings. The van der Waals surface area contributed by atoms with Gasteiger partial charge in [0, 0.05) is 0 Å². The van der Waals surface area contributed by atoms with Crippen LogP contribution in [-0.4, -0.2) is 4.57 Å². The van der Waals surface area contributed by atoms with E-state index in [9.17, 15) is 0 Å². The van der Waals surface area contributed by atoms with Crippen LogP contribution in [0, 0.1) is 6.08 Å². The van der Waals surface area contributed by atoms with Crippen molar-refractivity contribution in [2.24, 2.45) is 0 Å². The molecule has 0 amide bonds. The predicted molar refractivity (Wildman–Crippen MR) is 80.4 cm³/mol. The van der Waals surface area contributed by atoms with Crippen LogP contribution in [-0.2, 0) is 25.8 Å². The first kappa shape index (κ1) is 21.0. The van der Waals surface area contributed by atoms with Crippen molar-refractivity contribution in [3.63, 3.8) is 0 Å². The minimum Gasteiger partial charge on any atom is -1.00 e. The van der Waals surface area contributed by atoms with E-state index in [4.69, 9.17) is 0 Å². The Labute approximate surface area is 162 Å². The Kier molecular flexibility index (Phi) is 10.2. The molecular formula is C18H15Cl2HfN. The Hall–Kier alpha value is -0.960. The first-order valence-electron chi connectivity index (χ1n) is 6.45. The van der Waals surface area contributed by atoms with E-state index in [1.165, 1.54) is 16.5 Å². The van der Waals surface area contributed by atoms with Gasteiger partial charge in [0.05, 0.1) is 0 Å². The van der Waals surface area contributed by atoms with Crippen molar-refractivity contribution >= 4 is 10.8 Å². The monoisotopic (exact) mass is 495 g/mol. The Balaban J connectivity index is 0.000000482. The zero-order valence-corrected chi connectivity index (χ0v) is 17.0. The molecule has 0 saturated heterocycles. The van der Waals surface area contributed by atoms with Gasteiger partial charge in [-0.05, 0) is 18.1 Å². The maximum atomic E-state index is 2.99. The second-order valence-corrected chi connectivity index (χ2v) is 4.40. The fourth-order valence-electron chi connectivity index (χ4n) is 2.19. The molecule has 0 unspecified atom stereocenters. The van der Waals surface area contributed by atoms with Crippen molar-refractivity contribution in [3.05, 3.63) is 85.2 Å². The van der Waals surface area contributed by atoms with Crippen molar-refractivity contribution in [2.75, 3.05) is 0 Å². The second kappa shape index (κ2) is 10.7. The molecule has 1 aromatic heterocycles. The summed E-state index contributed by atoms with van der Waals surface area (Å²) < 4.78 is 2.14. The Morgan fingerprint density at radius 1 is 0.955 bits per heavy atom. The molecule has 2 aromatic carbocycles. The van der Waals surface area contributed by atoms with Crippen LogP contribution in [0.15, 0.2) is 79.2 Å². The van der Waals surface area contributed by atoms with Crippen LogP contribution in [0.25, 0.3) is 16.5 Å². The Morgan fingerprint density at radius 3 is 2.27 bits per heavy atom. The van der Waals surface area contributed by atoms with Gasteiger partial charge in [-0.3, -0.25) is 6.08 Å². The summed E-state index contributed by atoms with van der Waals surface area (Å²) in [4.78, 5) is 0. The molecule has 1 heterocycles. The summed E-state index contributed by atoms with van der Waals surface area (Å²) in [5, 5.41) is 2.61. The molecular weight excluding hydrogens is 480 g/mol. The van der Waals surface area contributed by atoms with E-state index in [0.717, 1.165) is 6.42 Å². The molecule has 0 N–H and O–H groups in total. The van der Waals surface area contributed by atoms with Gasteiger partial charge < -0.3 is 29.4 Å². The van der Waals surface area contributed by atoms with Crippen LogP contribution in [0.2, 0.25) is 0 Å². The van der Waals surface area contributed by atoms with Gasteiger partial charge >= 0.3 is 25.8 Å². The van der Waals surface area contributed by atoms with Crippen LogP contribution in [0.4, 0.5) is 0 Å². The van der Waals surface area contributed by atoms with E-state index < -0.39 is 0 Å². The van der Waals surface area contributed by atoms with E-state index in [-0.39, 0.29) is 50.7 Å². The van der Waals surface area contributed by atoms with Gasteiger partial charge in [0.15, 0.2) is 0 Å². The number of rotatable bonds is 1. The molecule has 1 aliphatic carbocycles. The van der Waals surface area contributed by atoms with Gasteiger partial charge in [0.25, 0.3) is 0 Å². The van der Waals surface area contributed by atoms with Crippen LogP contribution < -0.4 is 24.8 Å². The van der Waals surface area contributed by atoms with Crippen LogP contribution in [0.5, 0.6) is 0 Å². The average molecular weight is 495 g/mol. The van der Waals surface area contributed by atoms with Gasteiger partial charge in [-0.25, -0.2) is 12.2 Å². The van der Waals surface area contributed by atoms with E-state index in [1.807, 2.05) is 24.3 Å². The quantitative estimate of drug-likeness (QED) is 0.292. The SMILES string of the molecule is [C-]1=CC=CC1.[Cl-].[Cl-].[Hf+4].c1ccc2c(c1)cc[c-]2-n1cccc1. The Morgan fingerprint density at radius 2 is 1.68 bits per heavy atom. The van der Waals surface area contributed by atoms with Crippen molar-refractivity contribution in [3.8, 4) is 5.69 Å². The molecule has 110 valence electrons. The number of nitrogens with zero attached hydrogens (tertiary/aromatic N) is 1. The zero-order valence-electron chi connectivity index (χ0n) is 11.9. The number of hydrogen-bond donors (Lipinski definition) is 0. The molecule has 3 aromatic rings. The summed E-state index contributed by atoms with van der Waals surface area (Å²) in [7, 11) is 0. The van der Waals surface area contributed by atoms with Crippen molar-refractivity contribution < 1.29 is 50.7 Å². The maximum absolute atomic E-state index is 2.99. The number of halogens is 2. The number of benzene rings is 1. The molecule has 0 bridgehead atoms. The molecule has 0 aliphatic heterocycles. The van der Waals surface area contributed by atoms with Gasteiger partial charge in [-0.1, -0.05) is 47.2 Å². The second-order valence-electron chi connectivity index (χ2n) is 4.40. The van der Waals surface area contributed by atoms with Gasteiger partial charge in [-0.2, -0.15) is 6.08 Å². The van der Waals surface area contributed by atoms with Crippen LogP contribution in [0.1, 0.15) is 6.42 Å². The summed E-state index contributed by atoms with van der Waals surface area (Å²) in [6.45, 7) is 0. The average Bonchev–Trinajstić information content (AvgIpc) is 3.21. The van der Waals surface area contributed by atoms with Gasteiger partial charge in [0.1, 0.15) is 0 Å². The molecule has 4 heteroatoms. The topological polar surface area (TPSA) is 4.93 Å². The van der Waals surface area contributed by atoms with Crippen molar-refractivity contribution in [2.45, 2.75) is 6.42 Å². The molecule has 4 rings (SSSR count). The fourth-order valence-corrected chi connectivity index (χ4v) is 2.19. The third-order valence-electron chi connectivity index (χ3n) is 3.13.